The van der Waals surface area contributed by atoms with Crippen LogP contribution in [0.2, 0.25) is 0 Å². The number of thiophene rings is 1. The number of aromatic amines is 1. The number of benzene rings is 1. The lowest BCUT2D eigenvalue weighted by Gasteiger charge is -2.34. The van der Waals surface area contributed by atoms with E-state index >= 15 is 0 Å². The van der Waals surface area contributed by atoms with E-state index in [-0.39, 0.29) is 12.1 Å². The van der Waals surface area contributed by atoms with Crippen LogP contribution in [0.3, 0.4) is 0 Å². The Bertz CT molecular complexity index is 1310. The van der Waals surface area contributed by atoms with Crippen molar-refractivity contribution in [2.45, 2.75) is 32.0 Å². The number of urea groups is 1. The predicted molar refractivity (Wildman–Crippen MR) is 136 cm³/mol. The van der Waals surface area contributed by atoms with Crippen LogP contribution in [-0.2, 0) is 12.1 Å². The highest BCUT2D eigenvalue weighted by Gasteiger charge is 2.44. The van der Waals surface area contributed by atoms with Crippen molar-refractivity contribution in [3.8, 4) is 0 Å². The first-order chi connectivity index (χ1) is 16.3. The second-order valence-electron chi connectivity index (χ2n) is 9.39. The molecule has 34 heavy (non-hydrogen) atoms. The number of nitrogens with one attached hydrogen (secondary N) is 3. The van der Waals surface area contributed by atoms with Gasteiger partial charge in [0.25, 0.3) is 0 Å². The summed E-state index contributed by atoms with van der Waals surface area (Å²) in [4.78, 5) is 21.8. The number of aromatic nitrogens is 3. The van der Waals surface area contributed by atoms with Gasteiger partial charge in [-0.05, 0) is 45.0 Å². The Balaban J connectivity index is 1.38. The molecule has 0 aliphatic carbocycles. The van der Waals surface area contributed by atoms with E-state index in [0.717, 1.165) is 38.4 Å². The number of carbonyl (C=O) groups excluding carboxylic acids is 1. The number of amides is 2. The van der Waals surface area contributed by atoms with Crippen LogP contribution >= 0.6 is 11.3 Å². The lowest BCUT2D eigenvalue weighted by atomic mass is 10.0. The first-order valence-electron chi connectivity index (χ1n) is 11.3. The van der Waals surface area contributed by atoms with Crippen LogP contribution in [0, 0.1) is 0 Å². The van der Waals surface area contributed by atoms with Crippen LogP contribution in [0.1, 0.15) is 36.7 Å². The van der Waals surface area contributed by atoms with E-state index in [2.05, 4.69) is 54.3 Å². The summed E-state index contributed by atoms with van der Waals surface area (Å²) in [5.74, 6) is 0.728. The largest absolute Gasteiger partial charge is 0.337 e. The van der Waals surface area contributed by atoms with Gasteiger partial charge in [0.15, 0.2) is 5.82 Å². The molecule has 4 aromatic rings. The van der Waals surface area contributed by atoms with Crippen molar-refractivity contribution in [2.24, 2.45) is 0 Å². The third-order valence-electron chi connectivity index (χ3n) is 6.40. The molecule has 176 valence electrons. The molecule has 1 atom stereocenters. The SMILES string of the molecule is CN(C)CC(NC(=O)N1Cc2c(Nc3cncc4sccc34)n[nH]c2C1(C)C)c1ccccc1. The normalized spacial score (nSPS) is 15.5. The molecule has 1 aromatic carbocycles. The maximum Gasteiger partial charge on any atom is 0.319 e. The van der Waals surface area contributed by atoms with Crippen molar-refractivity contribution < 1.29 is 4.79 Å². The minimum Gasteiger partial charge on any atom is -0.337 e. The van der Waals surface area contributed by atoms with Gasteiger partial charge in [0.1, 0.15) is 0 Å². The number of pyridine rings is 1. The molecule has 3 aromatic heterocycles. The molecule has 5 rings (SSSR count). The monoisotopic (exact) mass is 475 g/mol. The average molecular weight is 476 g/mol. The Morgan fingerprint density at radius 2 is 2.03 bits per heavy atom. The third kappa shape index (κ3) is 4.01. The second kappa shape index (κ2) is 8.73. The lowest BCUT2D eigenvalue weighted by Crippen LogP contribution is -2.48. The summed E-state index contributed by atoms with van der Waals surface area (Å²) in [6, 6.07) is 12.0. The van der Waals surface area contributed by atoms with Gasteiger partial charge < -0.3 is 20.4 Å². The molecule has 0 bridgehead atoms. The Labute approximate surface area is 203 Å². The number of hydrogen-bond acceptors (Lipinski definition) is 6. The number of rotatable bonds is 6. The van der Waals surface area contributed by atoms with Gasteiger partial charge in [0, 0.05) is 23.7 Å². The molecule has 1 aliphatic rings. The van der Waals surface area contributed by atoms with E-state index in [1.807, 2.05) is 63.4 Å². The molecular weight excluding hydrogens is 446 g/mol. The predicted octanol–water partition coefficient (Wildman–Crippen LogP) is 4.83. The molecule has 1 aliphatic heterocycles. The standard InChI is InChI=1S/C25H29N7OS/c1-25(2)22-18(23(30-29-22)27-19-12-26-13-21-17(19)10-11-34-21)14-32(25)24(33)28-20(15-31(3)4)16-8-6-5-7-9-16/h5-13,20H,14-15H2,1-4H3,(H,28,33)(H2,27,29,30). The molecule has 8 nitrogen and oxygen atoms in total. The molecule has 3 N–H and O–H groups in total. The molecule has 0 saturated carbocycles. The molecule has 4 heterocycles. The zero-order valence-corrected chi connectivity index (χ0v) is 20.6. The fourth-order valence-electron chi connectivity index (χ4n) is 4.58. The highest BCUT2D eigenvalue weighted by Crippen LogP contribution is 2.42. The van der Waals surface area contributed by atoms with E-state index < -0.39 is 5.54 Å². The van der Waals surface area contributed by atoms with Crippen LogP contribution in [0.15, 0.2) is 54.2 Å². The van der Waals surface area contributed by atoms with Crippen molar-refractivity contribution in [2.75, 3.05) is 26.0 Å². The summed E-state index contributed by atoms with van der Waals surface area (Å²) < 4.78 is 1.12. The van der Waals surface area contributed by atoms with Crippen molar-refractivity contribution >= 4 is 39.0 Å². The lowest BCUT2D eigenvalue weighted by molar-refractivity contribution is 0.138. The summed E-state index contributed by atoms with van der Waals surface area (Å²) in [5.41, 5.74) is 3.40. The number of nitrogens with zero attached hydrogens (tertiary/aromatic N) is 4. The summed E-state index contributed by atoms with van der Waals surface area (Å²) >= 11 is 1.66. The maximum atomic E-state index is 13.5. The van der Waals surface area contributed by atoms with Gasteiger partial charge in [0.05, 0.1) is 40.4 Å². The number of hydrogen-bond donors (Lipinski definition) is 3. The molecule has 0 saturated heterocycles. The van der Waals surface area contributed by atoms with E-state index in [1.165, 1.54) is 0 Å². The second-order valence-corrected chi connectivity index (χ2v) is 10.3. The van der Waals surface area contributed by atoms with E-state index in [9.17, 15) is 4.79 Å². The molecule has 2 amide bonds. The van der Waals surface area contributed by atoms with Gasteiger partial charge in [-0.15, -0.1) is 11.3 Å². The maximum absolute atomic E-state index is 13.5. The number of fused-ring (bicyclic) bond motifs is 2. The van der Waals surface area contributed by atoms with Crippen LogP contribution < -0.4 is 10.6 Å². The zero-order chi connectivity index (χ0) is 23.9. The average Bonchev–Trinajstić information content (AvgIpc) is 3.50. The molecule has 0 fully saturated rings. The van der Waals surface area contributed by atoms with Crippen molar-refractivity contribution in [3.63, 3.8) is 0 Å². The Morgan fingerprint density at radius 3 is 2.79 bits per heavy atom. The summed E-state index contributed by atoms with van der Waals surface area (Å²) in [6.45, 7) is 5.26. The minimum atomic E-state index is -0.529. The fourth-order valence-corrected chi connectivity index (χ4v) is 5.35. The van der Waals surface area contributed by atoms with Crippen molar-refractivity contribution in [1.82, 2.24) is 30.3 Å². The topological polar surface area (TPSA) is 89.2 Å². The molecule has 1 unspecified atom stereocenters. The van der Waals surface area contributed by atoms with Gasteiger partial charge in [-0.2, -0.15) is 5.10 Å². The zero-order valence-electron chi connectivity index (χ0n) is 19.8. The summed E-state index contributed by atoms with van der Waals surface area (Å²) in [7, 11) is 4.03. The van der Waals surface area contributed by atoms with Crippen LogP contribution in [0.4, 0.5) is 16.3 Å². The van der Waals surface area contributed by atoms with Crippen LogP contribution in [-0.4, -0.2) is 51.7 Å². The number of likely N-dealkylation sites (N-methyl/N-ethyl adjacent to an activating group) is 1. The Kier molecular flexibility index (Phi) is 5.75. The molecular formula is C25H29N7OS. The number of anilines is 2. The van der Waals surface area contributed by atoms with E-state index in [4.69, 9.17) is 0 Å². The summed E-state index contributed by atoms with van der Waals surface area (Å²) in [6.07, 6.45) is 3.68. The third-order valence-corrected chi connectivity index (χ3v) is 7.25. The number of H-pyrrole nitrogens is 1. The highest BCUT2D eigenvalue weighted by atomic mass is 32.1. The summed E-state index contributed by atoms with van der Waals surface area (Å²) in [5, 5.41) is 17.6. The van der Waals surface area contributed by atoms with Crippen molar-refractivity contribution in [3.05, 3.63) is 71.0 Å². The highest BCUT2D eigenvalue weighted by molar-refractivity contribution is 7.17. The van der Waals surface area contributed by atoms with E-state index in [1.54, 1.807) is 11.3 Å². The van der Waals surface area contributed by atoms with Gasteiger partial charge in [0.2, 0.25) is 0 Å². The van der Waals surface area contributed by atoms with Gasteiger partial charge in [-0.1, -0.05) is 30.3 Å². The van der Waals surface area contributed by atoms with Crippen LogP contribution in [0.5, 0.6) is 0 Å². The molecule has 9 heteroatoms. The van der Waals surface area contributed by atoms with Gasteiger partial charge in [-0.25, -0.2) is 4.79 Å². The molecule has 0 spiro atoms. The first kappa shape index (κ1) is 22.4. The van der Waals surface area contributed by atoms with Gasteiger partial charge in [-0.3, -0.25) is 10.1 Å². The minimum absolute atomic E-state index is 0.0992. The molecule has 0 radical (unpaired) electrons. The number of carbonyl (C=O) groups is 1. The quantitative estimate of drug-likeness (QED) is 0.372. The van der Waals surface area contributed by atoms with Gasteiger partial charge >= 0.3 is 6.03 Å². The smallest absolute Gasteiger partial charge is 0.319 e. The fraction of sp³-hybridized carbons (Fsp3) is 0.320. The van der Waals surface area contributed by atoms with E-state index in [0.29, 0.717) is 13.1 Å². The Morgan fingerprint density at radius 1 is 1.24 bits per heavy atom. The van der Waals surface area contributed by atoms with Crippen LogP contribution in [0.25, 0.3) is 10.1 Å². The Hall–Kier alpha value is -3.43. The first-order valence-corrected chi connectivity index (χ1v) is 12.2. The van der Waals surface area contributed by atoms with Crippen molar-refractivity contribution in [1.29, 1.82) is 0 Å².